The maximum absolute atomic E-state index is 12.9. The van der Waals surface area contributed by atoms with Gasteiger partial charge in [-0.2, -0.15) is 9.78 Å². The summed E-state index contributed by atoms with van der Waals surface area (Å²) in [6, 6.07) is 8.80. The van der Waals surface area contributed by atoms with Crippen LogP contribution >= 0.6 is 31.9 Å². The van der Waals surface area contributed by atoms with Gasteiger partial charge in [-0.3, -0.25) is 4.79 Å². The number of benzene rings is 2. The van der Waals surface area contributed by atoms with Crippen LogP contribution < -0.4 is 15.0 Å². The summed E-state index contributed by atoms with van der Waals surface area (Å²) in [5.41, 5.74) is 0.983. The summed E-state index contributed by atoms with van der Waals surface area (Å²) in [6.07, 6.45) is 1.30. The number of hydrogen-bond donors (Lipinski definition) is 0. The second-order valence-electron chi connectivity index (χ2n) is 7.27. The van der Waals surface area contributed by atoms with Crippen molar-refractivity contribution in [2.75, 3.05) is 13.2 Å². The number of nitrogens with zero attached hydrogens (tertiary/aromatic N) is 3. The standard InChI is InChI=1S/C23H23Br2N3O5/c1-5-31-20-9-15(8-18(25)22(20)32-12-21(29)33-13(2)3)11-26-28-14(4)27-19-7-6-16(24)10-17(19)23(28)30/h6-11,13H,5,12H2,1-4H3. The quantitative estimate of drug-likeness (QED) is 0.280. The predicted molar refractivity (Wildman–Crippen MR) is 133 cm³/mol. The fourth-order valence-electron chi connectivity index (χ4n) is 3.01. The first-order valence-electron chi connectivity index (χ1n) is 10.2. The van der Waals surface area contributed by atoms with Crippen molar-refractivity contribution in [3.05, 3.63) is 61.0 Å². The van der Waals surface area contributed by atoms with Crippen molar-refractivity contribution in [3.63, 3.8) is 0 Å². The molecule has 174 valence electrons. The molecule has 0 spiro atoms. The molecule has 0 unspecified atom stereocenters. The Morgan fingerprint density at radius 2 is 1.97 bits per heavy atom. The second kappa shape index (κ2) is 10.9. The summed E-state index contributed by atoms with van der Waals surface area (Å²) < 4.78 is 19.0. The summed E-state index contributed by atoms with van der Waals surface area (Å²) >= 11 is 6.84. The molecule has 0 saturated carbocycles. The van der Waals surface area contributed by atoms with Crippen molar-refractivity contribution in [1.29, 1.82) is 0 Å². The van der Waals surface area contributed by atoms with Crippen LogP contribution in [0.3, 0.4) is 0 Å². The minimum Gasteiger partial charge on any atom is -0.490 e. The van der Waals surface area contributed by atoms with Gasteiger partial charge in [-0.1, -0.05) is 15.9 Å². The number of ether oxygens (including phenoxy) is 3. The number of halogens is 2. The number of carbonyl (C=O) groups excluding carboxylic acids is 1. The SMILES string of the molecule is CCOc1cc(C=Nn2c(C)nc3ccc(Br)cc3c2=O)cc(Br)c1OCC(=O)OC(C)C. The normalized spacial score (nSPS) is 11.4. The molecule has 8 nitrogen and oxygen atoms in total. The van der Waals surface area contributed by atoms with Crippen LogP contribution in [0.1, 0.15) is 32.2 Å². The Hall–Kier alpha value is -2.72. The first-order chi connectivity index (χ1) is 15.7. The first-order valence-corrected chi connectivity index (χ1v) is 11.8. The lowest BCUT2D eigenvalue weighted by atomic mass is 10.2. The van der Waals surface area contributed by atoms with Gasteiger partial charge in [0.05, 0.1) is 34.3 Å². The zero-order chi connectivity index (χ0) is 24.1. The van der Waals surface area contributed by atoms with E-state index in [0.717, 1.165) is 4.47 Å². The predicted octanol–water partition coefficient (Wildman–Crippen LogP) is 4.84. The van der Waals surface area contributed by atoms with Gasteiger partial charge in [0, 0.05) is 4.47 Å². The Kier molecular flexibility index (Phi) is 8.25. The molecule has 0 radical (unpaired) electrons. The fourth-order valence-corrected chi connectivity index (χ4v) is 3.95. The van der Waals surface area contributed by atoms with E-state index in [1.807, 2.05) is 13.0 Å². The Bertz CT molecular complexity index is 1270. The Labute approximate surface area is 207 Å². The maximum Gasteiger partial charge on any atom is 0.344 e. The third-order valence-electron chi connectivity index (χ3n) is 4.33. The van der Waals surface area contributed by atoms with E-state index in [1.54, 1.807) is 45.0 Å². The molecule has 0 aliphatic rings. The molecular formula is C23H23Br2N3O5. The summed E-state index contributed by atoms with van der Waals surface area (Å²) in [7, 11) is 0. The van der Waals surface area contributed by atoms with Crippen LogP contribution in [0.15, 0.2) is 49.2 Å². The molecule has 0 fully saturated rings. The van der Waals surface area contributed by atoms with E-state index >= 15 is 0 Å². The summed E-state index contributed by atoms with van der Waals surface area (Å²) in [5.74, 6) is 0.782. The molecule has 1 aromatic heterocycles. The average molecular weight is 581 g/mol. The molecule has 0 atom stereocenters. The zero-order valence-corrected chi connectivity index (χ0v) is 21.8. The number of hydrogen-bond acceptors (Lipinski definition) is 7. The largest absolute Gasteiger partial charge is 0.490 e. The molecule has 1 heterocycles. The van der Waals surface area contributed by atoms with Crippen molar-refractivity contribution >= 4 is 54.9 Å². The monoisotopic (exact) mass is 579 g/mol. The van der Waals surface area contributed by atoms with Crippen LogP contribution in [0.4, 0.5) is 0 Å². The van der Waals surface area contributed by atoms with Crippen LogP contribution in [-0.4, -0.2) is 41.2 Å². The number of aromatic nitrogens is 2. The molecule has 0 bridgehead atoms. The number of fused-ring (bicyclic) bond motifs is 1. The van der Waals surface area contributed by atoms with Crippen molar-refractivity contribution in [2.45, 2.75) is 33.8 Å². The first kappa shape index (κ1) is 24.9. The fraction of sp³-hybridized carbons (Fsp3) is 0.304. The lowest BCUT2D eigenvalue weighted by molar-refractivity contribution is -0.149. The molecule has 3 rings (SSSR count). The van der Waals surface area contributed by atoms with Crippen molar-refractivity contribution in [1.82, 2.24) is 9.66 Å². The van der Waals surface area contributed by atoms with Gasteiger partial charge in [0.25, 0.3) is 5.56 Å². The van der Waals surface area contributed by atoms with Gasteiger partial charge in [-0.15, -0.1) is 0 Å². The topological polar surface area (TPSA) is 92.0 Å². The second-order valence-corrected chi connectivity index (χ2v) is 9.04. The van der Waals surface area contributed by atoms with Gasteiger partial charge in [0.2, 0.25) is 0 Å². The van der Waals surface area contributed by atoms with Crippen LogP contribution in [0.25, 0.3) is 10.9 Å². The lowest BCUT2D eigenvalue weighted by Crippen LogP contribution is -2.20. The Balaban J connectivity index is 1.93. The molecule has 0 aliphatic heterocycles. The average Bonchev–Trinajstić information content (AvgIpc) is 2.73. The Morgan fingerprint density at radius 1 is 1.21 bits per heavy atom. The number of esters is 1. The zero-order valence-electron chi connectivity index (χ0n) is 18.6. The summed E-state index contributed by atoms with van der Waals surface area (Å²) in [5, 5.41) is 4.80. The molecule has 0 saturated heterocycles. The smallest absolute Gasteiger partial charge is 0.344 e. The van der Waals surface area contributed by atoms with E-state index in [4.69, 9.17) is 14.2 Å². The van der Waals surface area contributed by atoms with E-state index in [2.05, 4.69) is 41.9 Å². The maximum atomic E-state index is 12.9. The molecule has 0 aliphatic carbocycles. The van der Waals surface area contributed by atoms with Crippen LogP contribution in [0, 0.1) is 6.92 Å². The van der Waals surface area contributed by atoms with Crippen molar-refractivity contribution < 1.29 is 19.0 Å². The minimum absolute atomic E-state index is 0.230. The highest BCUT2D eigenvalue weighted by Crippen LogP contribution is 2.36. The van der Waals surface area contributed by atoms with Crippen LogP contribution in [0.5, 0.6) is 11.5 Å². The number of aryl methyl sites for hydroxylation is 1. The molecular weight excluding hydrogens is 558 g/mol. The van der Waals surface area contributed by atoms with E-state index in [1.165, 1.54) is 10.9 Å². The van der Waals surface area contributed by atoms with E-state index in [0.29, 0.717) is 44.9 Å². The molecule has 2 aromatic carbocycles. The van der Waals surface area contributed by atoms with Crippen LogP contribution in [0.2, 0.25) is 0 Å². The van der Waals surface area contributed by atoms with E-state index in [9.17, 15) is 9.59 Å². The highest BCUT2D eigenvalue weighted by Gasteiger charge is 2.15. The lowest BCUT2D eigenvalue weighted by Gasteiger charge is -2.15. The van der Waals surface area contributed by atoms with Gasteiger partial charge < -0.3 is 14.2 Å². The summed E-state index contributed by atoms with van der Waals surface area (Å²) in [6.45, 7) is 7.23. The third kappa shape index (κ3) is 6.20. The van der Waals surface area contributed by atoms with Gasteiger partial charge in [-0.25, -0.2) is 9.78 Å². The highest BCUT2D eigenvalue weighted by molar-refractivity contribution is 9.10. The van der Waals surface area contributed by atoms with Gasteiger partial charge in [-0.05, 0) is 79.5 Å². The van der Waals surface area contributed by atoms with E-state index < -0.39 is 5.97 Å². The molecule has 0 N–H and O–H groups in total. The number of carbonyl (C=O) groups is 1. The highest BCUT2D eigenvalue weighted by atomic mass is 79.9. The molecule has 3 aromatic rings. The van der Waals surface area contributed by atoms with E-state index in [-0.39, 0.29) is 18.3 Å². The van der Waals surface area contributed by atoms with Crippen molar-refractivity contribution in [3.8, 4) is 11.5 Å². The third-order valence-corrected chi connectivity index (χ3v) is 5.41. The van der Waals surface area contributed by atoms with Gasteiger partial charge in [0.15, 0.2) is 18.1 Å². The number of rotatable bonds is 8. The van der Waals surface area contributed by atoms with Crippen LogP contribution in [-0.2, 0) is 9.53 Å². The Morgan fingerprint density at radius 3 is 2.67 bits per heavy atom. The van der Waals surface area contributed by atoms with Gasteiger partial charge in [0.1, 0.15) is 5.82 Å². The summed E-state index contributed by atoms with van der Waals surface area (Å²) in [4.78, 5) is 29.2. The molecule has 10 heteroatoms. The minimum atomic E-state index is -0.477. The molecule has 33 heavy (non-hydrogen) atoms. The molecule has 0 amide bonds. The van der Waals surface area contributed by atoms with Crippen molar-refractivity contribution in [2.24, 2.45) is 5.10 Å². The van der Waals surface area contributed by atoms with Gasteiger partial charge >= 0.3 is 5.97 Å².